The molecule has 0 heterocycles. The van der Waals surface area contributed by atoms with Crippen LogP contribution < -0.4 is 0 Å². The van der Waals surface area contributed by atoms with E-state index in [4.69, 9.17) is 15.3 Å². The Morgan fingerprint density at radius 3 is 1.92 bits per heavy atom. The third kappa shape index (κ3) is 4.70. The summed E-state index contributed by atoms with van der Waals surface area (Å²) >= 11 is 0. The van der Waals surface area contributed by atoms with E-state index in [-0.39, 0.29) is 31.7 Å². The van der Waals surface area contributed by atoms with Crippen LogP contribution in [-0.4, -0.2) is 35.1 Å². The van der Waals surface area contributed by atoms with Gasteiger partial charge in [0.2, 0.25) is 0 Å². The quantitative estimate of drug-likeness (QED) is 0.526. The highest BCUT2D eigenvalue weighted by Gasteiger charge is 2.13. The molecule has 3 heteroatoms. The van der Waals surface area contributed by atoms with Crippen LogP contribution in [0.3, 0.4) is 0 Å². The van der Waals surface area contributed by atoms with Gasteiger partial charge in [0, 0.05) is 19.8 Å². The summed E-state index contributed by atoms with van der Waals surface area (Å²) in [5, 5.41) is 26.5. The predicted octanol–water partition coefficient (Wildman–Crippen LogP) is 0.386. The van der Waals surface area contributed by atoms with E-state index in [1.807, 2.05) is 6.92 Å². The van der Waals surface area contributed by atoms with E-state index in [0.29, 0.717) is 6.42 Å². The van der Waals surface area contributed by atoms with Crippen molar-refractivity contribution in [1.29, 1.82) is 0 Å². The lowest BCUT2D eigenvalue weighted by atomic mass is 9.92. The van der Waals surface area contributed by atoms with Gasteiger partial charge in [-0.1, -0.05) is 13.3 Å². The molecule has 0 saturated heterocycles. The summed E-state index contributed by atoms with van der Waals surface area (Å²) < 4.78 is 0. The summed E-state index contributed by atoms with van der Waals surface area (Å²) in [6.45, 7) is 2.43. The zero-order valence-corrected chi connectivity index (χ0v) is 7.74. The van der Waals surface area contributed by atoms with Gasteiger partial charge in [0.25, 0.3) is 0 Å². The second-order valence-corrected chi connectivity index (χ2v) is 3.25. The van der Waals surface area contributed by atoms with Crippen LogP contribution >= 0.6 is 0 Å². The van der Waals surface area contributed by atoms with Gasteiger partial charge in [0.05, 0.1) is 0 Å². The van der Waals surface area contributed by atoms with Crippen molar-refractivity contribution in [2.24, 2.45) is 11.8 Å². The first-order valence-electron chi connectivity index (χ1n) is 4.61. The summed E-state index contributed by atoms with van der Waals surface area (Å²) in [4.78, 5) is 0. The van der Waals surface area contributed by atoms with Crippen molar-refractivity contribution in [2.45, 2.75) is 26.2 Å². The number of aliphatic hydroxyl groups is 3. The molecule has 0 aliphatic carbocycles. The number of hydrogen-bond acceptors (Lipinski definition) is 3. The minimum Gasteiger partial charge on any atom is -0.396 e. The van der Waals surface area contributed by atoms with Gasteiger partial charge in [-0.15, -0.1) is 0 Å². The number of hydrogen-bond donors (Lipinski definition) is 3. The van der Waals surface area contributed by atoms with E-state index in [9.17, 15) is 0 Å². The summed E-state index contributed by atoms with van der Waals surface area (Å²) in [5.41, 5.74) is 0. The Morgan fingerprint density at radius 2 is 1.58 bits per heavy atom. The SMILES string of the molecule is CCC(CO)CC(CO)CCO. The Morgan fingerprint density at radius 1 is 1.00 bits per heavy atom. The first-order chi connectivity index (χ1) is 5.78. The molecule has 0 bridgehead atoms. The molecule has 0 radical (unpaired) electrons. The molecular weight excluding hydrogens is 156 g/mol. The van der Waals surface area contributed by atoms with Crippen molar-refractivity contribution in [3.63, 3.8) is 0 Å². The van der Waals surface area contributed by atoms with Crippen LogP contribution in [0.2, 0.25) is 0 Å². The van der Waals surface area contributed by atoms with Crippen LogP contribution in [0, 0.1) is 11.8 Å². The van der Waals surface area contributed by atoms with E-state index in [1.165, 1.54) is 0 Å². The Labute approximate surface area is 74.0 Å². The molecule has 12 heavy (non-hydrogen) atoms. The maximum Gasteiger partial charge on any atom is 0.0460 e. The monoisotopic (exact) mass is 176 g/mol. The van der Waals surface area contributed by atoms with E-state index < -0.39 is 0 Å². The molecule has 0 amide bonds. The minimum absolute atomic E-state index is 0.108. The fraction of sp³-hybridized carbons (Fsp3) is 1.00. The standard InChI is InChI=1S/C9H20O3/c1-2-8(6-11)5-9(7-12)3-4-10/h8-12H,2-7H2,1H3. The Hall–Kier alpha value is -0.120. The lowest BCUT2D eigenvalue weighted by Gasteiger charge is -2.18. The molecule has 0 aromatic heterocycles. The fourth-order valence-electron chi connectivity index (χ4n) is 1.31. The van der Waals surface area contributed by atoms with Crippen LogP contribution in [0.25, 0.3) is 0 Å². The van der Waals surface area contributed by atoms with Crippen molar-refractivity contribution < 1.29 is 15.3 Å². The first kappa shape index (κ1) is 11.9. The Bertz CT molecular complexity index is 91.8. The van der Waals surface area contributed by atoms with E-state index in [1.54, 1.807) is 0 Å². The van der Waals surface area contributed by atoms with Crippen molar-refractivity contribution in [1.82, 2.24) is 0 Å². The predicted molar refractivity (Wildman–Crippen MR) is 47.8 cm³/mol. The van der Waals surface area contributed by atoms with E-state index in [0.717, 1.165) is 12.8 Å². The molecule has 0 aromatic rings. The average molecular weight is 176 g/mol. The molecule has 0 fully saturated rings. The molecule has 2 unspecified atom stereocenters. The molecule has 74 valence electrons. The molecule has 0 saturated carbocycles. The minimum atomic E-state index is 0.108. The highest BCUT2D eigenvalue weighted by atomic mass is 16.3. The lowest BCUT2D eigenvalue weighted by molar-refractivity contribution is 0.136. The second-order valence-electron chi connectivity index (χ2n) is 3.25. The highest BCUT2D eigenvalue weighted by Crippen LogP contribution is 2.17. The van der Waals surface area contributed by atoms with Gasteiger partial charge in [-0.3, -0.25) is 0 Å². The molecular formula is C9H20O3. The van der Waals surface area contributed by atoms with E-state index in [2.05, 4.69) is 0 Å². The summed E-state index contributed by atoms with van der Waals surface area (Å²) in [5.74, 6) is 0.417. The van der Waals surface area contributed by atoms with Crippen molar-refractivity contribution >= 4 is 0 Å². The normalized spacial score (nSPS) is 16.0. The third-order valence-corrected chi connectivity index (χ3v) is 2.30. The Kier molecular flexibility index (Phi) is 7.45. The lowest BCUT2D eigenvalue weighted by Crippen LogP contribution is -2.16. The molecule has 0 rings (SSSR count). The van der Waals surface area contributed by atoms with Gasteiger partial charge < -0.3 is 15.3 Å². The number of rotatable bonds is 7. The zero-order chi connectivity index (χ0) is 9.40. The topological polar surface area (TPSA) is 60.7 Å². The molecule has 3 nitrogen and oxygen atoms in total. The smallest absolute Gasteiger partial charge is 0.0460 e. The van der Waals surface area contributed by atoms with Crippen LogP contribution in [-0.2, 0) is 0 Å². The molecule has 0 aliphatic rings. The van der Waals surface area contributed by atoms with Gasteiger partial charge in [-0.2, -0.15) is 0 Å². The van der Waals surface area contributed by atoms with Gasteiger partial charge >= 0.3 is 0 Å². The molecule has 2 atom stereocenters. The van der Waals surface area contributed by atoms with Crippen LogP contribution in [0.4, 0.5) is 0 Å². The van der Waals surface area contributed by atoms with Crippen molar-refractivity contribution in [2.75, 3.05) is 19.8 Å². The van der Waals surface area contributed by atoms with Crippen LogP contribution in [0.5, 0.6) is 0 Å². The fourth-order valence-corrected chi connectivity index (χ4v) is 1.31. The summed E-state index contributed by atoms with van der Waals surface area (Å²) in [6.07, 6.45) is 2.37. The van der Waals surface area contributed by atoms with Gasteiger partial charge in [-0.25, -0.2) is 0 Å². The molecule has 3 N–H and O–H groups in total. The largest absolute Gasteiger partial charge is 0.396 e. The summed E-state index contributed by atoms with van der Waals surface area (Å²) in [6, 6.07) is 0. The maximum absolute atomic E-state index is 8.90. The van der Waals surface area contributed by atoms with Crippen molar-refractivity contribution in [3.8, 4) is 0 Å². The maximum atomic E-state index is 8.90. The average Bonchev–Trinajstić information content (AvgIpc) is 2.12. The van der Waals surface area contributed by atoms with Gasteiger partial charge in [0.15, 0.2) is 0 Å². The highest BCUT2D eigenvalue weighted by molar-refractivity contribution is 4.63. The molecule has 0 spiro atoms. The Balaban J connectivity index is 3.65. The van der Waals surface area contributed by atoms with Crippen LogP contribution in [0.1, 0.15) is 26.2 Å². The molecule has 0 aliphatic heterocycles. The second kappa shape index (κ2) is 7.53. The van der Waals surface area contributed by atoms with Gasteiger partial charge in [0.1, 0.15) is 0 Å². The summed E-state index contributed by atoms with van der Waals surface area (Å²) in [7, 11) is 0. The van der Waals surface area contributed by atoms with Crippen molar-refractivity contribution in [3.05, 3.63) is 0 Å². The van der Waals surface area contributed by atoms with Crippen LogP contribution in [0.15, 0.2) is 0 Å². The third-order valence-electron chi connectivity index (χ3n) is 2.30. The number of aliphatic hydroxyl groups excluding tert-OH is 3. The molecule has 0 aromatic carbocycles. The first-order valence-corrected chi connectivity index (χ1v) is 4.61. The zero-order valence-electron chi connectivity index (χ0n) is 7.74. The van der Waals surface area contributed by atoms with E-state index >= 15 is 0 Å². The van der Waals surface area contributed by atoms with Gasteiger partial charge in [-0.05, 0) is 24.7 Å².